The maximum atomic E-state index is 12.3. The second kappa shape index (κ2) is 13.6. The fraction of sp³-hybridized carbons (Fsp3) is 0.789. The fourth-order valence-electron chi connectivity index (χ4n) is 3.04. The Hall–Kier alpha value is -2.52. The second-order valence-corrected chi connectivity index (χ2v) is 6.54. The molecule has 0 aliphatic rings. The summed E-state index contributed by atoms with van der Waals surface area (Å²) in [5, 5.41) is 18.7. The number of hydrogen-bond acceptors (Lipinski definition) is 8. The molecule has 0 aliphatic carbocycles. The van der Waals surface area contributed by atoms with E-state index in [1.165, 1.54) is 13.8 Å². The van der Waals surface area contributed by atoms with Gasteiger partial charge < -0.3 is 29.2 Å². The van der Waals surface area contributed by atoms with E-state index >= 15 is 0 Å². The number of unbranched alkanes of at least 4 members (excludes halogenated alkanes) is 3. The van der Waals surface area contributed by atoms with E-state index in [0.29, 0.717) is 25.7 Å². The molecular formula is C19H32O10. The summed E-state index contributed by atoms with van der Waals surface area (Å²) in [7, 11) is 0. The number of ether oxygens (including phenoxy) is 4. The van der Waals surface area contributed by atoms with Crippen molar-refractivity contribution in [3.63, 3.8) is 0 Å². The van der Waals surface area contributed by atoms with Crippen molar-refractivity contribution in [3.05, 3.63) is 0 Å². The number of hydrogen-bond donors (Lipinski definition) is 2. The molecule has 0 fully saturated rings. The summed E-state index contributed by atoms with van der Waals surface area (Å²) in [6.45, 7) is 6.09. The highest BCUT2D eigenvalue weighted by Gasteiger charge is 2.52. The van der Waals surface area contributed by atoms with E-state index in [1.54, 1.807) is 13.8 Å². The molecule has 2 N–H and O–H groups in total. The number of aliphatic carboxylic acids is 2. The Kier molecular flexibility index (Phi) is 12.4. The molecule has 2 atom stereocenters. The van der Waals surface area contributed by atoms with Crippen molar-refractivity contribution in [2.24, 2.45) is 5.41 Å². The van der Waals surface area contributed by atoms with E-state index in [0.717, 1.165) is 0 Å². The molecule has 0 saturated heterocycles. The number of carboxylic acids is 2. The topological polar surface area (TPSA) is 146 Å². The van der Waals surface area contributed by atoms with Gasteiger partial charge in [0.2, 0.25) is 0 Å². The molecule has 0 saturated carbocycles. The molecule has 0 spiro atoms. The standard InChI is InChI=1S/C19H32O10/c1-5-26-17(24)28-13(3)19(16(22)23,14(4)29-18(25)27-6-2)12-10-8-7-9-11-15(20)21/h13-14H,5-12H2,1-4H3,(H,20,21)(H,22,23). The molecule has 0 heterocycles. The normalized spacial score (nSPS) is 14.8. The molecule has 168 valence electrons. The number of carbonyl (C=O) groups is 4. The van der Waals surface area contributed by atoms with Crippen molar-refractivity contribution in [2.75, 3.05) is 13.2 Å². The molecular weight excluding hydrogens is 388 g/mol. The van der Waals surface area contributed by atoms with Crippen LogP contribution in [0.15, 0.2) is 0 Å². The zero-order valence-electron chi connectivity index (χ0n) is 17.5. The summed E-state index contributed by atoms with van der Waals surface area (Å²) >= 11 is 0. The number of carbonyl (C=O) groups excluding carboxylic acids is 2. The van der Waals surface area contributed by atoms with Gasteiger partial charge >= 0.3 is 24.2 Å². The van der Waals surface area contributed by atoms with E-state index in [-0.39, 0.29) is 26.1 Å². The van der Waals surface area contributed by atoms with Crippen molar-refractivity contribution in [2.45, 2.75) is 78.4 Å². The summed E-state index contributed by atoms with van der Waals surface area (Å²) in [4.78, 5) is 46.3. The van der Waals surface area contributed by atoms with Gasteiger partial charge in [0.15, 0.2) is 0 Å². The fourth-order valence-corrected chi connectivity index (χ4v) is 3.04. The van der Waals surface area contributed by atoms with Crippen LogP contribution >= 0.6 is 0 Å². The first-order valence-corrected chi connectivity index (χ1v) is 9.73. The Balaban J connectivity index is 5.36. The molecule has 29 heavy (non-hydrogen) atoms. The van der Waals surface area contributed by atoms with Gasteiger partial charge in [-0.15, -0.1) is 0 Å². The number of carboxylic acid groups (broad SMARTS) is 2. The van der Waals surface area contributed by atoms with E-state index in [1.807, 2.05) is 0 Å². The van der Waals surface area contributed by atoms with E-state index in [4.69, 9.17) is 24.1 Å². The summed E-state index contributed by atoms with van der Waals surface area (Å²) in [6, 6.07) is 0. The lowest BCUT2D eigenvalue weighted by Gasteiger charge is -2.38. The van der Waals surface area contributed by atoms with E-state index in [2.05, 4.69) is 0 Å². The SMILES string of the molecule is CCOC(=O)OC(C)C(CCCCCCC(=O)O)(C(=O)O)C(C)OC(=O)OCC. The van der Waals surface area contributed by atoms with E-state index < -0.39 is 41.9 Å². The van der Waals surface area contributed by atoms with Crippen molar-refractivity contribution < 1.29 is 48.3 Å². The van der Waals surface area contributed by atoms with Crippen LogP contribution in [0.4, 0.5) is 9.59 Å². The average molecular weight is 420 g/mol. The van der Waals surface area contributed by atoms with Gasteiger partial charge in [0.25, 0.3) is 0 Å². The molecule has 0 bridgehead atoms. The predicted molar refractivity (Wildman–Crippen MR) is 101 cm³/mol. The predicted octanol–water partition coefficient (Wildman–Crippen LogP) is 3.61. The van der Waals surface area contributed by atoms with Crippen LogP contribution in [-0.2, 0) is 28.5 Å². The van der Waals surface area contributed by atoms with Gasteiger partial charge in [0.1, 0.15) is 17.6 Å². The first kappa shape index (κ1) is 26.5. The summed E-state index contributed by atoms with van der Waals surface area (Å²) in [6.07, 6.45) is -2.25. The first-order chi connectivity index (χ1) is 13.6. The highest BCUT2D eigenvalue weighted by atomic mass is 16.7. The summed E-state index contributed by atoms with van der Waals surface area (Å²) in [5.74, 6) is -2.19. The molecule has 0 aromatic carbocycles. The largest absolute Gasteiger partial charge is 0.508 e. The molecule has 2 unspecified atom stereocenters. The maximum absolute atomic E-state index is 12.3. The first-order valence-electron chi connectivity index (χ1n) is 9.73. The third kappa shape index (κ3) is 9.01. The Morgan fingerprint density at radius 3 is 1.62 bits per heavy atom. The molecule has 10 nitrogen and oxygen atoms in total. The average Bonchev–Trinajstić information content (AvgIpc) is 2.60. The Morgan fingerprint density at radius 1 is 0.793 bits per heavy atom. The van der Waals surface area contributed by atoms with Crippen LogP contribution in [0.2, 0.25) is 0 Å². The Labute approximate surface area is 170 Å². The zero-order valence-corrected chi connectivity index (χ0v) is 17.5. The summed E-state index contributed by atoms with van der Waals surface area (Å²) in [5.41, 5.74) is -1.73. The Bertz CT molecular complexity index is 519. The van der Waals surface area contributed by atoms with E-state index in [9.17, 15) is 24.3 Å². The highest BCUT2D eigenvalue weighted by molar-refractivity contribution is 5.77. The third-order valence-electron chi connectivity index (χ3n) is 4.65. The van der Waals surface area contributed by atoms with Gasteiger partial charge in [-0.25, -0.2) is 9.59 Å². The van der Waals surface area contributed by atoms with Crippen LogP contribution < -0.4 is 0 Å². The van der Waals surface area contributed by atoms with Crippen molar-refractivity contribution >= 4 is 24.2 Å². The maximum Gasteiger partial charge on any atom is 0.508 e. The third-order valence-corrected chi connectivity index (χ3v) is 4.65. The van der Waals surface area contributed by atoms with Crippen LogP contribution in [0.1, 0.15) is 66.2 Å². The molecule has 0 amide bonds. The minimum Gasteiger partial charge on any atom is -0.481 e. The van der Waals surface area contributed by atoms with Crippen LogP contribution in [0.3, 0.4) is 0 Å². The van der Waals surface area contributed by atoms with Crippen molar-refractivity contribution in [1.29, 1.82) is 0 Å². The van der Waals surface area contributed by atoms with Gasteiger partial charge in [-0.2, -0.15) is 0 Å². The second-order valence-electron chi connectivity index (χ2n) is 6.54. The quantitative estimate of drug-likeness (QED) is 0.315. The smallest absolute Gasteiger partial charge is 0.481 e. The minimum atomic E-state index is -1.73. The van der Waals surface area contributed by atoms with Crippen LogP contribution in [0, 0.1) is 5.41 Å². The van der Waals surface area contributed by atoms with Gasteiger partial charge in [-0.3, -0.25) is 9.59 Å². The summed E-state index contributed by atoms with van der Waals surface area (Å²) < 4.78 is 19.7. The lowest BCUT2D eigenvalue weighted by molar-refractivity contribution is -0.170. The number of rotatable bonds is 14. The Morgan fingerprint density at radius 2 is 1.24 bits per heavy atom. The lowest BCUT2D eigenvalue weighted by atomic mass is 9.73. The minimum absolute atomic E-state index is 0.0365. The van der Waals surface area contributed by atoms with Gasteiger partial charge in [0, 0.05) is 6.42 Å². The molecule has 0 rings (SSSR count). The molecule has 0 aromatic rings. The van der Waals surface area contributed by atoms with Crippen molar-refractivity contribution in [1.82, 2.24) is 0 Å². The van der Waals surface area contributed by atoms with Gasteiger partial charge in [-0.05, 0) is 40.5 Å². The monoisotopic (exact) mass is 420 g/mol. The zero-order chi connectivity index (χ0) is 22.4. The van der Waals surface area contributed by atoms with Crippen LogP contribution in [0.25, 0.3) is 0 Å². The highest BCUT2D eigenvalue weighted by Crippen LogP contribution is 2.38. The van der Waals surface area contributed by atoms with Crippen LogP contribution in [0.5, 0.6) is 0 Å². The molecule has 10 heteroatoms. The van der Waals surface area contributed by atoms with Gasteiger partial charge in [-0.1, -0.05) is 19.3 Å². The van der Waals surface area contributed by atoms with Crippen molar-refractivity contribution in [3.8, 4) is 0 Å². The lowest BCUT2D eigenvalue weighted by Crippen LogP contribution is -2.52. The van der Waals surface area contributed by atoms with Gasteiger partial charge in [0.05, 0.1) is 13.2 Å². The molecule has 0 aromatic heterocycles. The molecule has 0 aliphatic heterocycles. The van der Waals surface area contributed by atoms with Crippen LogP contribution in [-0.4, -0.2) is 59.9 Å². The molecule has 0 radical (unpaired) electrons.